The van der Waals surface area contributed by atoms with Gasteiger partial charge in [0.1, 0.15) is 19.0 Å². The van der Waals surface area contributed by atoms with Crippen molar-refractivity contribution < 1.29 is 13.9 Å². The Labute approximate surface area is 156 Å². The minimum Gasteiger partial charge on any atom is -0.489 e. The van der Waals surface area contributed by atoms with Gasteiger partial charge < -0.3 is 13.9 Å². The molecule has 1 saturated heterocycles. The molecule has 0 atom stereocenters. The first-order valence-corrected chi connectivity index (χ1v) is 8.93. The third kappa shape index (κ3) is 4.45. The van der Waals surface area contributed by atoms with Crippen molar-refractivity contribution in [2.75, 3.05) is 26.3 Å². The zero-order valence-electron chi connectivity index (χ0n) is 14.9. The zero-order chi connectivity index (χ0) is 18.5. The van der Waals surface area contributed by atoms with Crippen molar-refractivity contribution in [3.63, 3.8) is 0 Å². The monoisotopic (exact) mass is 367 g/mol. The van der Waals surface area contributed by atoms with Gasteiger partial charge in [0, 0.05) is 18.7 Å². The van der Waals surface area contributed by atoms with E-state index >= 15 is 0 Å². The van der Waals surface area contributed by atoms with Gasteiger partial charge in [-0.05, 0) is 29.8 Å². The number of hydrogen-bond acceptors (Lipinski definition) is 6. The van der Waals surface area contributed by atoms with E-state index in [1.807, 2.05) is 54.6 Å². The molecule has 0 aliphatic carbocycles. The summed E-state index contributed by atoms with van der Waals surface area (Å²) in [5, 5.41) is 4.31. The van der Waals surface area contributed by atoms with Gasteiger partial charge in [-0.25, -0.2) is 4.79 Å². The van der Waals surface area contributed by atoms with E-state index in [2.05, 4.69) is 10.00 Å². The van der Waals surface area contributed by atoms with Gasteiger partial charge >= 0.3 is 5.76 Å². The van der Waals surface area contributed by atoms with Crippen LogP contribution in [0.4, 0.5) is 0 Å². The molecule has 0 spiro atoms. The van der Waals surface area contributed by atoms with Crippen LogP contribution in [0.15, 0.2) is 63.8 Å². The van der Waals surface area contributed by atoms with Crippen LogP contribution in [-0.4, -0.2) is 41.0 Å². The fourth-order valence-electron chi connectivity index (χ4n) is 2.88. The summed E-state index contributed by atoms with van der Waals surface area (Å²) in [6.07, 6.45) is 0. The molecule has 7 heteroatoms. The van der Waals surface area contributed by atoms with Gasteiger partial charge in [-0.15, -0.1) is 5.10 Å². The van der Waals surface area contributed by atoms with Gasteiger partial charge in [-0.1, -0.05) is 30.3 Å². The van der Waals surface area contributed by atoms with E-state index in [4.69, 9.17) is 13.9 Å². The highest BCUT2D eigenvalue weighted by molar-refractivity contribution is 5.53. The Morgan fingerprint density at radius 2 is 1.74 bits per heavy atom. The summed E-state index contributed by atoms with van der Waals surface area (Å²) in [6, 6.07) is 17.3. The average molecular weight is 367 g/mol. The highest BCUT2D eigenvalue weighted by atomic mass is 16.5. The molecule has 7 nitrogen and oxygen atoms in total. The Morgan fingerprint density at radius 3 is 2.48 bits per heavy atom. The molecule has 3 aromatic rings. The number of ether oxygens (including phenoxy) is 2. The summed E-state index contributed by atoms with van der Waals surface area (Å²) in [7, 11) is 0. The standard InChI is InChI=1S/C20H21N3O4/c24-20-23(15-22-10-12-25-13-11-22)21-19(27-20)17-6-8-18(9-7-17)26-14-16-4-2-1-3-5-16/h1-9H,10-15H2. The van der Waals surface area contributed by atoms with Crippen LogP contribution in [0.3, 0.4) is 0 Å². The second kappa shape index (κ2) is 8.20. The van der Waals surface area contributed by atoms with Crippen molar-refractivity contribution in [1.29, 1.82) is 0 Å². The summed E-state index contributed by atoms with van der Waals surface area (Å²) in [6.45, 7) is 3.81. The second-order valence-corrected chi connectivity index (χ2v) is 6.34. The van der Waals surface area contributed by atoms with E-state index in [9.17, 15) is 4.79 Å². The normalized spacial score (nSPS) is 15.0. The fraction of sp³-hybridized carbons (Fsp3) is 0.300. The van der Waals surface area contributed by atoms with Crippen molar-refractivity contribution in [1.82, 2.24) is 14.7 Å². The maximum absolute atomic E-state index is 12.1. The first-order chi connectivity index (χ1) is 13.3. The summed E-state index contributed by atoms with van der Waals surface area (Å²) < 4.78 is 17.7. The molecule has 0 radical (unpaired) electrons. The molecule has 1 fully saturated rings. The fourth-order valence-corrected chi connectivity index (χ4v) is 2.88. The van der Waals surface area contributed by atoms with Gasteiger partial charge in [0.2, 0.25) is 5.89 Å². The Balaban J connectivity index is 1.41. The first-order valence-electron chi connectivity index (χ1n) is 8.93. The highest BCUT2D eigenvalue weighted by Gasteiger charge is 2.15. The average Bonchev–Trinajstić information content (AvgIpc) is 3.09. The smallest absolute Gasteiger partial charge is 0.438 e. The van der Waals surface area contributed by atoms with Crippen molar-refractivity contribution in [3.8, 4) is 17.2 Å². The zero-order valence-corrected chi connectivity index (χ0v) is 14.9. The van der Waals surface area contributed by atoms with Crippen LogP contribution < -0.4 is 10.5 Å². The van der Waals surface area contributed by atoms with Crippen LogP contribution in [0.25, 0.3) is 11.5 Å². The molecular formula is C20H21N3O4. The minimum absolute atomic E-state index is 0.308. The molecule has 2 aromatic carbocycles. The second-order valence-electron chi connectivity index (χ2n) is 6.34. The van der Waals surface area contributed by atoms with Crippen LogP contribution in [0.5, 0.6) is 5.75 Å². The molecule has 0 saturated carbocycles. The number of benzene rings is 2. The van der Waals surface area contributed by atoms with Gasteiger partial charge in [-0.3, -0.25) is 4.90 Å². The number of rotatable bonds is 6. The SMILES string of the molecule is O=c1oc(-c2ccc(OCc3ccccc3)cc2)nn1CN1CCOCC1. The molecule has 0 bridgehead atoms. The predicted octanol–water partition coefficient (Wildman–Crippen LogP) is 2.37. The molecule has 1 aromatic heterocycles. The number of morpholine rings is 1. The molecule has 0 amide bonds. The van der Waals surface area contributed by atoms with Gasteiger partial charge in [-0.2, -0.15) is 4.68 Å². The van der Waals surface area contributed by atoms with Crippen LogP contribution in [0.1, 0.15) is 5.56 Å². The third-order valence-electron chi connectivity index (χ3n) is 4.39. The lowest BCUT2D eigenvalue weighted by Crippen LogP contribution is -2.39. The maximum atomic E-state index is 12.1. The quantitative estimate of drug-likeness (QED) is 0.666. The highest BCUT2D eigenvalue weighted by Crippen LogP contribution is 2.20. The van der Waals surface area contributed by atoms with Crippen molar-refractivity contribution in [3.05, 3.63) is 70.7 Å². The molecule has 2 heterocycles. The van der Waals surface area contributed by atoms with Crippen molar-refractivity contribution >= 4 is 0 Å². The van der Waals surface area contributed by atoms with E-state index in [1.165, 1.54) is 4.68 Å². The Morgan fingerprint density at radius 1 is 1.00 bits per heavy atom. The van der Waals surface area contributed by atoms with E-state index < -0.39 is 5.76 Å². The molecule has 0 unspecified atom stereocenters. The van der Waals surface area contributed by atoms with Crippen LogP contribution in [0.2, 0.25) is 0 Å². The number of nitrogens with zero attached hydrogens (tertiary/aromatic N) is 3. The number of hydrogen-bond donors (Lipinski definition) is 0. The van der Waals surface area contributed by atoms with Crippen LogP contribution >= 0.6 is 0 Å². The largest absolute Gasteiger partial charge is 0.489 e. The molecule has 0 N–H and O–H groups in total. The molecule has 1 aliphatic heterocycles. The van der Waals surface area contributed by atoms with Gasteiger partial charge in [0.25, 0.3) is 0 Å². The van der Waals surface area contributed by atoms with Gasteiger partial charge in [0.05, 0.1) is 13.2 Å². The maximum Gasteiger partial charge on any atom is 0.438 e. The third-order valence-corrected chi connectivity index (χ3v) is 4.39. The summed E-state index contributed by atoms with van der Waals surface area (Å²) >= 11 is 0. The first kappa shape index (κ1) is 17.5. The van der Waals surface area contributed by atoms with Crippen molar-refractivity contribution in [2.45, 2.75) is 13.3 Å². The van der Waals surface area contributed by atoms with E-state index in [0.29, 0.717) is 32.4 Å². The Kier molecular flexibility index (Phi) is 5.32. The molecular weight excluding hydrogens is 346 g/mol. The summed E-state index contributed by atoms with van der Waals surface area (Å²) in [5.74, 6) is 0.599. The lowest BCUT2D eigenvalue weighted by Gasteiger charge is -2.25. The van der Waals surface area contributed by atoms with Crippen LogP contribution in [-0.2, 0) is 18.0 Å². The van der Waals surface area contributed by atoms with Crippen molar-refractivity contribution in [2.24, 2.45) is 0 Å². The Bertz CT molecular complexity index is 912. The molecule has 140 valence electrons. The van der Waals surface area contributed by atoms with E-state index in [0.717, 1.165) is 30.0 Å². The Hall–Kier alpha value is -2.90. The minimum atomic E-state index is -0.458. The number of aromatic nitrogens is 2. The molecule has 1 aliphatic rings. The molecule has 4 rings (SSSR count). The van der Waals surface area contributed by atoms with E-state index in [1.54, 1.807) is 0 Å². The van der Waals surface area contributed by atoms with Gasteiger partial charge in [0.15, 0.2) is 0 Å². The lowest BCUT2D eigenvalue weighted by molar-refractivity contribution is 0.0202. The van der Waals surface area contributed by atoms with Crippen LogP contribution in [0, 0.1) is 0 Å². The summed E-state index contributed by atoms with van der Waals surface area (Å²) in [5.41, 5.74) is 1.84. The van der Waals surface area contributed by atoms with E-state index in [-0.39, 0.29) is 0 Å². The lowest BCUT2D eigenvalue weighted by atomic mass is 10.2. The molecule has 27 heavy (non-hydrogen) atoms. The predicted molar refractivity (Wildman–Crippen MR) is 99.4 cm³/mol. The summed E-state index contributed by atoms with van der Waals surface area (Å²) in [4.78, 5) is 14.2. The topological polar surface area (TPSA) is 69.7 Å².